The van der Waals surface area contributed by atoms with Gasteiger partial charge in [0.15, 0.2) is 0 Å². The second-order valence-electron chi connectivity index (χ2n) is 3.27. The fourth-order valence-electron chi connectivity index (χ4n) is 1.66. The van der Waals surface area contributed by atoms with Gasteiger partial charge >= 0.3 is 0 Å². The summed E-state index contributed by atoms with van der Waals surface area (Å²) in [6.07, 6.45) is 1.06. The molecule has 1 aliphatic heterocycles. The van der Waals surface area contributed by atoms with Crippen molar-refractivity contribution in [1.82, 2.24) is 4.98 Å². The summed E-state index contributed by atoms with van der Waals surface area (Å²) >= 11 is 1.58. The number of aliphatic hydroxyl groups is 1. The molecule has 0 aliphatic carbocycles. The van der Waals surface area contributed by atoms with Crippen LogP contribution in [0.4, 0.5) is 0 Å². The summed E-state index contributed by atoms with van der Waals surface area (Å²) in [6, 6.07) is 0. The molecule has 72 valence electrons. The number of nitrogens with zero attached hydrogens (tertiary/aromatic N) is 1. The topological polar surface area (TPSA) is 42.4 Å². The first kappa shape index (κ1) is 9.12. The van der Waals surface area contributed by atoms with E-state index in [0.717, 1.165) is 30.3 Å². The third-order valence-electron chi connectivity index (χ3n) is 2.33. The van der Waals surface area contributed by atoms with Gasteiger partial charge in [-0.3, -0.25) is 0 Å². The predicted molar refractivity (Wildman–Crippen MR) is 51.0 cm³/mol. The van der Waals surface area contributed by atoms with E-state index in [0.29, 0.717) is 5.92 Å². The second kappa shape index (κ2) is 3.74. The zero-order chi connectivity index (χ0) is 9.26. The van der Waals surface area contributed by atoms with Crippen molar-refractivity contribution >= 4 is 11.3 Å². The summed E-state index contributed by atoms with van der Waals surface area (Å²) < 4.78 is 5.31. The fourth-order valence-corrected chi connectivity index (χ4v) is 2.54. The van der Waals surface area contributed by atoms with Crippen LogP contribution in [0.25, 0.3) is 0 Å². The van der Waals surface area contributed by atoms with Gasteiger partial charge in [0, 0.05) is 17.4 Å². The highest BCUT2D eigenvalue weighted by atomic mass is 32.1. The summed E-state index contributed by atoms with van der Waals surface area (Å²) in [7, 11) is 0. The summed E-state index contributed by atoms with van der Waals surface area (Å²) in [4.78, 5) is 5.62. The van der Waals surface area contributed by atoms with Crippen LogP contribution >= 0.6 is 11.3 Å². The average molecular weight is 199 g/mol. The van der Waals surface area contributed by atoms with E-state index in [1.54, 1.807) is 11.3 Å². The maximum Gasteiger partial charge on any atom is 0.119 e. The van der Waals surface area contributed by atoms with Crippen molar-refractivity contribution in [2.75, 3.05) is 13.2 Å². The van der Waals surface area contributed by atoms with Crippen molar-refractivity contribution in [1.29, 1.82) is 0 Å². The number of hydrogen-bond acceptors (Lipinski definition) is 4. The molecule has 1 atom stereocenters. The van der Waals surface area contributed by atoms with Gasteiger partial charge in [0.1, 0.15) is 5.01 Å². The Morgan fingerprint density at radius 2 is 2.54 bits per heavy atom. The maximum atomic E-state index is 8.93. The quantitative estimate of drug-likeness (QED) is 0.784. The van der Waals surface area contributed by atoms with E-state index >= 15 is 0 Å². The van der Waals surface area contributed by atoms with Gasteiger partial charge in [0.2, 0.25) is 0 Å². The van der Waals surface area contributed by atoms with Crippen LogP contribution in [-0.2, 0) is 11.3 Å². The Balaban J connectivity index is 2.22. The molecule has 0 radical (unpaired) electrons. The van der Waals surface area contributed by atoms with Crippen LogP contribution in [0.3, 0.4) is 0 Å². The summed E-state index contributed by atoms with van der Waals surface area (Å²) in [5.74, 6) is 0.455. The van der Waals surface area contributed by atoms with E-state index in [-0.39, 0.29) is 6.61 Å². The molecule has 1 aromatic heterocycles. The molecule has 0 aromatic carbocycles. The minimum atomic E-state index is 0.0546. The standard InChI is InChI=1S/C9H13NO2S/c1-6-9(7-2-3-12-5-7)10-8(4-11)13-6/h7,11H,2-5H2,1H3. The van der Waals surface area contributed by atoms with Crippen molar-refractivity contribution in [3.63, 3.8) is 0 Å². The first-order valence-corrected chi connectivity index (χ1v) is 5.27. The van der Waals surface area contributed by atoms with Gasteiger partial charge in [-0.2, -0.15) is 0 Å². The Morgan fingerprint density at radius 3 is 3.08 bits per heavy atom. The molecule has 2 rings (SSSR count). The molecule has 13 heavy (non-hydrogen) atoms. The Hall–Kier alpha value is -0.450. The van der Waals surface area contributed by atoms with Crippen LogP contribution in [0.2, 0.25) is 0 Å². The highest BCUT2D eigenvalue weighted by molar-refractivity contribution is 7.11. The molecular weight excluding hydrogens is 186 g/mol. The van der Waals surface area contributed by atoms with Crippen molar-refractivity contribution < 1.29 is 9.84 Å². The van der Waals surface area contributed by atoms with Crippen molar-refractivity contribution in [2.45, 2.75) is 25.9 Å². The molecule has 0 amide bonds. The van der Waals surface area contributed by atoms with E-state index in [4.69, 9.17) is 9.84 Å². The molecule has 1 aliphatic rings. The van der Waals surface area contributed by atoms with Crippen molar-refractivity contribution in [3.8, 4) is 0 Å². The van der Waals surface area contributed by atoms with Crippen LogP contribution in [0.1, 0.15) is 27.9 Å². The van der Waals surface area contributed by atoms with Crippen LogP contribution < -0.4 is 0 Å². The van der Waals surface area contributed by atoms with Gasteiger partial charge in [0.05, 0.1) is 18.9 Å². The van der Waals surface area contributed by atoms with Crippen LogP contribution in [0.15, 0.2) is 0 Å². The lowest BCUT2D eigenvalue weighted by atomic mass is 10.0. The zero-order valence-corrected chi connectivity index (χ0v) is 8.43. The Bertz CT molecular complexity index is 292. The van der Waals surface area contributed by atoms with Crippen LogP contribution in [0, 0.1) is 6.92 Å². The van der Waals surface area contributed by atoms with Gasteiger partial charge in [-0.1, -0.05) is 0 Å². The third-order valence-corrected chi connectivity index (χ3v) is 3.30. The number of aryl methyl sites for hydroxylation is 1. The van der Waals surface area contributed by atoms with Crippen LogP contribution in [-0.4, -0.2) is 23.3 Å². The number of aliphatic hydroxyl groups excluding tert-OH is 1. The lowest BCUT2D eigenvalue weighted by Gasteiger charge is -2.03. The number of aromatic nitrogens is 1. The smallest absolute Gasteiger partial charge is 0.119 e. The van der Waals surface area contributed by atoms with Crippen molar-refractivity contribution in [2.24, 2.45) is 0 Å². The summed E-state index contributed by atoms with van der Waals surface area (Å²) in [5, 5.41) is 9.75. The molecule has 0 spiro atoms. The normalized spacial score (nSPS) is 22.5. The predicted octanol–water partition coefficient (Wildman–Crippen LogP) is 1.45. The molecule has 3 nitrogen and oxygen atoms in total. The molecule has 4 heteroatoms. The van der Waals surface area contributed by atoms with Crippen LogP contribution in [0.5, 0.6) is 0 Å². The molecule has 1 aromatic rings. The molecular formula is C9H13NO2S. The summed E-state index contributed by atoms with van der Waals surface area (Å²) in [5.41, 5.74) is 1.13. The van der Waals surface area contributed by atoms with Gasteiger partial charge in [-0.25, -0.2) is 4.98 Å². The van der Waals surface area contributed by atoms with Crippen molar-refractivity contribution in [3.05, 3.63) is 15.6 Å². The highest BCUT2D eigenvalue weighted by Gasteiger charge is 2.22. The number of thiazole rings is 1. The maximum absolute atomic E-state index is 8.93. The van der Waals surface area contributed by atoms with E-state index in [1.807, 2.05) is 0 Å². The first-order valence-electron chi connectivity index (χ1n) is 4.46. The monoisotopic (exact) mass is 199 g/mol. The van der Waals surface area contributed by atoms with E-state index in [1.165, 1.54) is 4.88 Å². The van der Waals surface area contributed by atoms with Gasteiger partial charge < -0.3 is 9.84 Å². The molecule has 1 N–H and O–H groups in total. The Morgan fingerprint density at radius 1 is 1.69 bits per heavy atom. The molecule has 2 heterocycles. The lowest BCUT2D eigenvalue weighted by Crippen LogP contribution is -2.00. The van der Waals surface area contributed by atoms with Gasteiger partial charge in [-0.15, -0.1) is 11.3 Å². The lowest BCUT2D eigenvalue weighted by molar-refractivity contribution is 0.193. The van der Waals surface area contributed by atoms with E-state index < -0.39 is 0 Å². The largest absolute Gasteiger partial charge is 0.389 e. The minimum Gasteiger partial charge on any atom is -0.389 e. The number of hydrogen-bond donors (Lipinski definition) is 1. The Kier molecular flexibility index (Phi) is 2.62. The molecule has 0 saturated carbocycles. The third kappa shape index (κ3) is 1.75. The molecule has 0 bridgehead atoms. The first-order chi connectivity index (χ1) is 6.31. The number of rotatable bonds is 2. The fraction of sp³-hybridized carbons (Fsp3) is 0.667. The molecule has 1 fully saturated rings. The van der Waals surface area contributed by atoms with Gasteiger partial charge in [0.25, 0.3) is 0 Å². The Labute approximate surface area is 81.4 Å². The average Bonchev–Trinajstić information content (AvgIpc) is 2.72. The highest BCUT2D eigenvalue weighted by Crippen LogP contribution is 2.30. The van der Waals surface area contributed by atoms with Gasteiger partial charge in [-0.05, 0) is 13.3 Å². The summed E-state index contributed by atoms with van der Waals surface area (Å²) in [6.45, 7) is 3.75. The minimum absolute atomic E-state index is 0.0546. The molecule has 1 saturated heterocycles. The zero-order valence-electron chi connectivity index (χ0n) is 7.62. The molecule has 1 unspecified atom stereocenters. The van der Waals surface area contributed by atoms with E-state index in [9.17, 15) is 0 Å². The number of ether oxygens (including phenoxy) is 1. The second-order valence-corrected chi connectivity index (χ2v) is 4.56. The SMILES string of the molecule is Cc1sc(CO)nc1C1CCOC1. The van der Waals surface area contributed by atoms with E-state index in [2.05, 4.69) is 11.9 Å².